The molecule has 1 aromatic carbocycles. The molecule has 0 saturated heterocycles. The lowest BCUT2D eigenvalue weighted by Gasteiger charge is -2.07. The van der Waals surface area contributed by atoms with Crippen molar-refractivity contribution in [3.8, 4) is 6.07 Å². The van der Waals surface area contributed by atoms with Gasteiger partial charge in [-0.3, -0.25) is 5.10 Å². The molecule has 0 unspecified atom stereocenters. The fourth-order valence-electron chi connectivity index (χ4n) is 1.38. The molecule has 0 spiro atoms. The van der Waals surface area contributed by atoms with Gasteiger partial charge in [-0.15, -0.1) is 0 Å². The molecule has 5 nitrogen and oxygen atoms in total. The van der Waals surface area contributed by atoms with Crippen molar-refractivity contribution in [1.82, 2.24) is 10.2 Å². The van der Waals surface area contributed by atoms with Crippen LogP contribution in [0.3, 0.4) is 0 Å². The number of nitrogens with two attached hydrogens (primary N) is 1. The molecule has 0 aliphatic heterocycles. The zero-order valence-electron chi connectivity index (χ0n) is 8.57. The lowest BCUT2D eigenvalue weighted by molar-refractivity contribution is 1.09. The number of H-pyrrole nitrogens is 1. The van der Waals surface area contributed by atoms with Gasteiger partial charge in [-0.1, -0.05) is 0 Å². The average molecular weight is 213 g/mol. The average Bonchev–Trinajstić information content (AvgIpc) is 2.80. The standard InChI is InChI=1S/C11H11N5/c12-4-9-3-10(13)1-2-11(9)14-5-8-6-15-16-7-8/h1-3,6-7,14H,5,13H2,(H,15,16). The summed E-state index contributed by atoms with van der Waals surface area (Å²) in [5.74, 6) is 0. The zero-order chi connectivity index (χ0) is 11.4. The second kappa shape index (κ2) is 4.36. The molecule has 0 atom stereocenters. The Hall–Kier alpha value is -2.48. The molecule has 2 rings (SSSR count). The third kappa shape index (κ3) is 2.12. The van der Waals surface area contributed by atoms with Crippen LogP contribution in [0.1, 0.15) is 11.1 Å². The maximum atomic E-state index is 8.94. The molecule has 4 N–H and O–H groups in total. The van der Waals surface area contributed by atoms with Gasteiger partial charge in [0.2, 0.25) is 0 Å². The van der Waals surface area contributed by atoms with Crippen molar-refractivity contribution in [2.75, 3.05) is 11.1 Å². The maximum absolute atomic E-state index is 8.94. The zero-order valence-corrected chi connectivity index (χ0v) is 8.57. The summed E-state index contributed by atoms with van der Waals surface area (Å²) in [5, 5.41) is 18.7. The van der Waals surface area contributed by atoms with Crippen molar-refractivity contribution < 1.29 is 0 Å². The van der Waals surface area contributed by atoms with Gasteiger partial charge in [0.15, 0.2) is 0 Å². The number of nitrogens with one attached hydrogen (secondary N) is 2. The Bertz CT molecular complexity index is 510. The van der Waals surface area contributed by atoms with Crippen molar-refractivity contribution in [2.45, 2.75) is 6.54 Å². The number of anilines is 2. The second-order valence-corrected chi connectivity index (χ2v) is 3.38. The first-order valence-electron chi connectivity index (χ1n) is 4.81. The molecule has 0 radical (unpaired) electrons. The van der Waals surface area contributed by atoms with Gasteiger partial charge in [0, 0.05) is 24.0 Å². The predicted octanol–water partition coefficient (Wildman–Crippen LogP) is 1.48. The molecule has 0 aliphatic rings. The Morgan fingerprint density at radius 1 is 1.50 bits per heavy atom. The number of hydrogen-bond acceptors (Lipinski definition) is 4. The van der Waals surface area contributed by atoms with Crippen LogP contribution in [-0.4, -0.2) is 10.2 Å². The van der Waals surface area contributed by atoms with Gasteiger partial charge in [-0.05, 0) is 18.2 Å². The van der Waals surface area contributed by atoms with E-state index >= 15 is 0 Å². The number of nitriles is 1. The van der Waals surface area contributed by atoms with Crippen molar-refractivity contribution in [3.63, 3.8) is 0 Å². The minimum atomic E-state index is 0.545. The first-order valence-corrected chi connectivity index (χ1v) is 4.81. The lowest BCUT2D eigenvalue weighted by atomic mass is 10.1. The van der Waals surface area contributed by atoms with Crippen LogP contribution in [0.4, 0.5) is 11.4 Å². The van der Waals surface area contributed by atoms with Crippen LogP contribution in [0.5, 0.6) is 0 Å². The number of aromatic nitrogens is 2. The quantitative estimate of drug-likeness (QED) is 0.673. The highest BCUT2D eigenvalue weighted by Gasteiger charge is 2.02. The van der Waals surface area contributed by atoms with Gasteiger partial charge in [-0.25, -0.2) is 0 Å². The summed E-state index contributed by atoms with van der Waals surface area (Å²) >= 11 is 0. The van der Waals surface area contributed by atoms with E-state index in [1.165, 1.54) is 0 Å². The molecule has 0 amide bonds. The summed E-state index contributed by atoms with van der Waals surface area (Å²) < 4.78 is 0. The largest absolute Gasteiger partial charge is 0.399 e. The van der Waals surface area contributed by atoms with Gasteiger partial charge in [0.05, 0.1) is 17.4 Å². The predicted molar refractivity (Wildman–Crippen MR) is 61.5 cm³/mol. The third-order valence-electron chi connectivity index (χ3n) is 2.20. The Labute approximate surface area is 92.9 Å². The van der Waals surface area contributed by atoms with Gasteiger partial charge in [-0.2, -0.15) is 10.4 Å². The molecule has 16 heavy (non-hydrogen) atoms. The molecular formula is C11H11N5. The summed E-state index contributed by atoms with van der Waals surface area (Å²) in [6, 6.07) is 7.31. The van der Waals surface area contributed by atoms with E-state index in [9.17, 15) is 0 Å². The van der Waals surface area contributed by atoms with Crippen LogP contribution in [-0.2, 0) is 6.54 Å². The van der Waals surface area contributed by atoms with Crippen molar-refractivity contribution in [1.29, 1.82) is 5.26 Å². The fraction of sp³-hybridized carbons (Fsp3) is 0.0909. The summed E-state index contributed by atoms with van der Waals surface area (Å²) in [6.07, 6.45) is 3.53. The molecule has 0 bridgehead atoms. The maximum Gasteiger partial charge on any atom is 0.101 e. The number of aromatic amines is 1. The monoisotopic (exact) mass is 213 g/mol. The number of hydrogen-bond donors (Lipinski definition) is 3. The molecule has 80 valence electrons. The smallest absolute Gasteiger partial charge is 0.101 e. The summed E-state index contributed by atoms with van der Waals surface area (Å²) in [7, 11) is 0. The molecule has 1 heterocycles. The van der Waals surface area contributed by atoms with Crippen LogP contribution in [0.25, 0.3) is 0 Å². The number of nitrogen functional groups attached to an aromatic ring is 1. The van der Waals surface area contributed by atoms with E-state index in [-0.39, 0.29) is 0 Å². The first kappa shape index (κ1) is 10.1. The van der Waals surface area contributed by atoms with E-state index in [4.69, 9.17) is 11.0 Å². The Balaban J connectivity index is 2.13. The van der Waals surface area contributed by atoms with Crippen molar-refractivity contribution in [3.05, 3.63) is 41.7 Å². The van der Waals surface area contributed by atoms with Crippen LogP contribution < -0.4 is 11.1 Å². The Morgan fingerprint density at radius 3 is 3.06 bits per heavy atom. The second-order valence-electron chi connectivity index (χ2n) is 3.38. The Morgan fingerprint density at radius 2 is 2.38 bits per heavy atom. The van der Waals surface area contributed by atoms with Crippen LogP contribution >= 0.6 is 0 Å². The molecule has 1 aromatic heterocycles. The van der Waals surface area contributed by atoms with E-state index < -0.39 is 0 Å². The van der Waals surface area contributed by atoms with E-state index in [1.54, 1.807) is 30.6 Å². The van der Waals surface area contributed by atoms with E-state index in [0.29, 0.717) is 17.8 Å². The molecule has 0 fully saturated rings. The van der Waals surface area contributed by atoms with E-state index in [1.807, 2.05) is 0 Å². The first-order chi connectivity index (χ1) is 7.79. The number of benzene rings is 1. The van der Waals surface area contributed by atoms with Gasteiger partial charge in [0.25, 0.3) is 0 Å². The van der Waals surface area contributed by atoms with E-state index in [2.05, 4.69) is 21.6 Å². The fourth-order valence-corrected chi connectivity index (χ4v) is 1.38. The number of rotatable bonds is 3. The third-order valence-corrected chi connectivity index (χ3v) is 2.20. The highest BCUT2D eigenvalue weighted by Crippen LogP contribution is 2.18. The molecule has 5 heteroatoms. The highest BCUT2D eigenvalue weighted by atomic mass is 15.1. The summed E-state index contributed by atoms with van der Waals surface area (Å²) in [6.45, 7) is 0.620. The van der Waals surface area contributed by atoms with Crippen LogP contribution in [0.2, 0.25) is 0 Å². The van der Waals surface area contributed by atoms with Gasteiger partial charge in [0.1, 0.15) is 6.07 Å². The molecular weight excluding hydrogens is 202 g/mol. The lowest BCUT2D eigenvalue weighted by Crippen LogP contribution is -2.01. The highest BCUT2D eigenvalue weighted by molar-refractivity contribution is 5.62. The molecule has 2 aromatic rings. The minimum Gasteiger partial charge on any atom is -0.399 e. The van der Waals surface area contributed by atoms with Crippen LogP contribution in [0.15, 0.2) is 30.6 Å². The SMILES string of the molecule is N#Cc1cc(N)ccc1NCc1cn[nH]c1. The molecule has 0 aliphatic carbocycles. The molecule has 0 saturated carbocycles. The normalized spacial score (nSPS) is 9.69. The van der Waals surface area contributed by atoms with Crippen molar-refractivity contribution in [2.24, 2.45) is 0 Å². The van der Waals surface area contributed by atoms with Crippen LogP contribution in [0, 0.1) is 11.3 Å². The summed E-state index contributed by atoms with van der Waals surface area (Å²) in [5.41, 5.74) is 8.54. The van der Waals surface area contributed by atoms with E-state index in [0.717, 1.165) is 11.3 Å². The topological polar surface area (TPSA) is 90.5 Å². The number of nitrogens with zero attached hydrogens (tertiary/aromatic N) is 2. The Kier molecular flexibility index (Phi) is 2.74. The van der Waals surface area contributed by atoms with Crippen molar-refractivity contribution >= 4 is 11.4 Å². The minimum absolute atomic E-state index is 0.545. The summed E-state index contributed by atoms with van der Waals surface area (Å²) in [4.78, 5) is 0. The van der Waals surface area contributed by atoms with Gasteiger partial charge < -0.3 is 11.1 Å². The van der Waals surface area contributed by atoms with Gasteiger partial charge >= 0.3 is 0 Å².